The molecule has 35 heavy (non-hydrogen) atoms. The van der Waals surface area contributed by atoms with Crippen LogP contribution in [0, 0.1) is 35.5 Å². The molecule has 0 aromatic heterocycles. The molecule has 0 spiro atoms. The summed E-state index contributed by atoms with van der Waals surface area (Å²) in [7, 11) is 0. The maximum absolute atomic E-state index is 5.79. The van der Waals surface area contributed by atoms with Gasteiger partial charge in [-0.05, 0) is 111 Å². The third-order valence-corrected chi connectivity index (χ3v) is 11.0. The summed E-state index contributed by atoms with van der Waals surface area (Å²) in [6, 6.07) is 1.17. The molecule has 4 bridgehead atoms. The number of likely N-dealkylation sites (tertiary alicyclic amines) is 2. The van der Waals surface area contributed by atoms with Crippen molar-refractivity contribution in [2.24, 2.45) is 35.5 Å². The van der Waals surface area contributed by atoms with Crippen molar-refractivity contribution >= 4 is 34.7 Å². The molecule has 0 aromatic rings. The molecule has 0 aromatic carbocycles. The Bertz CT molecular complexity index is 772. The van der Waals surface area contributed by atoms with Crippen LogP contribution in [0.4, 0.5) is 0 Å². The smallest absolute Gasteiger partial charge is 0.169 e. The lowest BCUT2D eigenvalue weighted by Gasteiger charge is -2.37. The van der Waals surface area contributed by atoms with Gasteiger partial charge in [-0.15, -0.1) is 0 Å². The molecule has 4 aliphatic carbocycles. The number of fused-ring (bicyclic) bond motifs is 4. The van der Waals surface area contributed by atoms with Crippen LogP contribution in [0.5, 0.6) is 0 Å². The van der Waals surface area contributed by atoms with E-state index in [2.05, 4.69) is 44.7 Å². The average molecular weight is 513 g/mol. The Balaban J connectivity index is 0.835. The summed E-state index contributed by atoms with van der Waals surface area (Å²) in [5, 5.41) is 9.45. The van der Waals surface area contributed by atoms with Gasteiger partial charge in [0.1, 0.15) is 0 Å². The Kier molecular flexibility index (Phi) is 7.39. The molecular formula is C29H44N4S2. The second-order valence-corrected chi connectivity index (χ2v) is 13.2. The van der Waals surface area contributed by atoms with Crippen molar-refractivity contribution in [2.45, 2.75) is 82.7 Å². The molecule has 4 fully saturated rings. The lowest BCUT2D eigenvalue weighted by Crippen LogP contribution is -2.48. The molecule has 6 rings (SSSR count). The van der Waals surface area contributed by atoms with Crippen molar-refractivity contribution in [3.05, 3.63) is 24.3 Å². The van der Waals surface area contributed by atoms with Crippen LogP contribution >= 0.6 is 24.4 Å². The summed E-state index contributed by atoms with van der Waals surface area (Å²) in [5.41, 5.74) is 0. The first-order chi connectivity index (χ1) is 17.1. The van der Waals surface area contributed by atoms with E-state index in [0.29, 0.717) is 23.9 Å². The summed E-state index contributed by atoms with van der Waals surface area (Å²) in [6.45, 7) is 4.59. The van der Waals surface area contributed by atoms with Crippen molar-refractivity contribution in [2.75, 3.05) is 26.2 Å². The number of piperidine rings is 2. The fourth-order valence-corrected chi connectivity index (χ4v) is 8.61. The number of hydrogen-bond acceptors (Lipinski definition) is 2. The number of hydrogen-bond donors (Lipinski definition) is 2. The van der Waals surface area contributed by atoms with E-state index in [9.17, 15) is 0 Å². The minimum absolute atomic E-state index is 0.585. The second kappa shape index (κ2) is 10.7. The first kappa shape index (κ1) is 24.2. The van der Waals surface area contributed by atoms with Crippen molar-refractivity contribution < 1.29 is 0 Å². The van der Waals surface area contributed by atoms with E-state index in [1.54, 1.807) is 0 Å². The predicted molar refractivity (Wildman–Crippen MR) is 152 cm³/mol. The Morgan fingerprint density at radius 1 is 0.629 bits per heavy atom. The molecule has 192 valence electrons. The van der Waals surface area contributed by atoms with Gasteiger partial charge in [0.2, 0.25) is 0 Å². The summed E-state index contributed by atoms with van der Waals surface area (Å²) in [5.74, 6) is 4.83. The van der Waals surface area contributed by atoms with Gasteiger partial charge >= 0.3 is 0 Å². The largest absolute Gasteiger partial charge is 0.359 e. The monoisotopic (exact) mass is 512 g/mol. The topological polar surface area (TPSA) is 30.5 Å². The van der Waals surface area contributed by atoms with Gasteiger partial charge < -0.3 is 20.4 Å². The van der Waals surface area contributed by atoms with Gasteiger partial charge in [-0.2, -0.15) is 0 Å². The van der Waals surface area contributed by atoms with Crippen molar-refractivity contribution in [1.29, 1.82) is 0 Å². The highest BCUT2D eigenvalue weighted by molar-refractivity contribution is 7.80. The maximum atomic E-state index is 5.79. The standard InChI is InChI=1S/C29H44N4S2/c34-28(30-26-18-22-4-6-24(26)16-22)32-12-8-20(9-13-32)2-1-3-21-10-14-33(15-11-21)29(35)31-27-19-23-5-7-25(27)17-23/h4-7,20-27H,1-3,8-19H2,(H,30,34)(H,31,35)/t22-,23+,24-,25-,26+,27-/m0/s1. The van der Waals surface area contributed by atoms with Gasteiger partial charge in [0.25, 0.3) is 0 Å². The number of rotatable bonds is 6. The van der Waals surface area contributed by atoms with Crippen LogP contribution in [0.25, 0.3) is 0 Å². The van der Waals surface area contributed by atoms with Gasteiger partial charge in [-0.1, -0.05) is 43.6 Å². The fraction of sp³-hybridized carbons (Fsp3) is 0.793. The third-order valence-electron chi connectivity index (χ3n) is 10.2. The number of thiocarbonyl (C=S) groups is 2. The van der Waals surface area contributed by atoms with E-state index in [1.165, 1.54) is 70.6 Å². The van der Waals surface area contributed by atoms with Crippen LogP contribution in [-0.4, -0.2) is 58.3 Å². The van der Waals surface area contributed by atoms with Crippen LogP contribution in [0.3, 0.4) is 0 Å². The zero-order valence-electron chi connectivity index (χ0n) is 21.2. The van der Waals surface area contributed by atoms with Gasteiger partial charge in [-0.25, -0.2) is 0 Å². The Morgan fingerprint density at radius 3 is 1.40 bits per heavy atom. The lowest BCUT2D eigenvalue weighted by molar-refractivity contribution is 0.224. The van der Waals surface area contributed by atoms with Crippen LogP contribution < -0.4 is 10.6 Å². The summed E-state index contributed by atoms with van der Waals surface area (Å²) >= 11 is 11.6. The summed E-state index contributed by atoms with van der Waals surface area (Å²) in [4.78, 5) is 4.89. The molecule has 0 unspecified atom stereocenters. The molecule has 2 aliphatic heterocycles. The predicted octanol–water partition coefficient (Wildman–Crippen LogP) is 5.26. The van der Waals surface area contributed by atoms with E-state index >= 15 is 0 Å². The van der Waals surface area contributed by atoms with Gasteiger partial charge in [0.15, 0.2) is 10.2 Å². The van der Waals surface area contributed by atoms with Crippen molar-refractivity contribution in [3.63, 3.8) is 0 Å². The van der Waals surface area contributed by atoms with E-state index in [0.717, 1.165) is 60.1 Å². The molecule has 2 saturated heterocycles. The molecule has 6 aliphatic rings. The van der Waals surface area contributed by atoms with Gasteiger partial charge in [0, 0.05) is 38.3 Å². The summed E-state index contributed by atoms with van der Waals surface area (Å²) in [6.07, 6.45) is 24.3. The number of allylic oxidation sites excluding steroid dienone is 2. The molecule has 2 saturated carbocycles. The third kappa shape index (κ3) is 5.58. The maximum Gasteiger partial charge on any atom is 0.169 e. The van der Waals surface area contributed by atoms with Crippen LogP contribution in [0.15, 0.2) is 24.3 Å². The van der Waals surface area contributed by atoms with E-state index in [-0.39, 0.29) is 0 Å². The second-order valence-electron chi connectivity index (χ2n) is 12.5. The Morgan fingerprint density at radius 2 is 1.06 bits per heavy atom. The van der Waals surface area contributed by atoms with Crippen molar-refractivity contribution in [3.8, 4) is 0 Å². The molecule has 2 heterocycles. The minimum atomic E-state index is 0.585. The molecule has 6 atom stereocenters. The number of nitrogens with zero attached hydrogens (tertiary/aromatic N) is 2. The first-order valence-electron chi connectivity index (χ1n) is 14.6. The lowest BCUT2D eigenvalue weighted by atomic mass is 9.87. The molecule has 0 amide bonds. The zero-order chi connectivity index (χ0) is 23.8. The quantitative estimate of drug-likeness (QED) is 0.373. The molecule has 2 N–H and O–H groups in total. The van der Waals surface area contributed by atoms with Crippen molar-refractivity contribution in [1.82, 2.24) is 20.4 Å². The highest BCUT2D eigenvalue weighted by Crippen LogP contribution is 2.40. The van der Waals surface area contributed by atoms with Crippen LogP contribution in [0.1, 0.15) is 70.6 Å². The average Bonchev–Trinajstić information content (AvgIpc) is 3.68. The molecule has 6 heteroatoms. The highest BCUT2D eigenvalue weighted by Gasteiger charge is 2.37. The number of nitrogens with one attached hydrogen (secondary N) is 2. The Hall–Kier alpha value is -1.14. The van der Waals surface area contributed by atoms with Gasteiger partial charge in [0.05, 0.1) is 0 Å². The highest BCUT2D eigenvalue weighted by atomic mass is 32.1. The normalized spacial score (nSPS) is 36.3. The molecule has 4 nitrogen and oxygen atoms in total. The minimum Gasteiger partial charge on any atom is -0.359 e. The Labute approximate surface area is 223 Å². The van der Waals surface area contributed by atoms with Crippen LogP contribution in [-0.2, 0) is 0 Å². The van der Waals surface area contributed by atoms with Gasteiger partial charge in [-0.3, -0.25) is 0 Å². The van der Waals surface area contributed by atoms with E-state index in [1.807, 2.05) is 0 Å². The first-order valence-corrected chi connectivity index (χ1v) is 15.4. The summed E-state index contributed by atoms with van der Waals surface area (Å²) < 4.78 is 0. The zero-order valence-corrected chi connectivity index (χ0v) is 22.9. The fourth-order valence-electron chi connectivity index (χ4n) is 7.94. The van der Waals surface area contributed by atoms with E-state index in [4.69, 9.17) is 24.4 Å². The van der Waals surface area contributed by atoms with E-state index < -0.39 is 0 Å². The van der Waals surface area contributed by atoms with Crippen LogP contribution in [0.2, 0.25) is 0 Å². The molecular weight excluding hydrogens is 468 g/mol. The molecule has 0 radical (unpaired) electrons. The SMILES string of the molecule is S=C(N[C@H]1C[C@@H]2C=C[C@H]1C2)N1CCC(CCCC2CCN(C(=S)N[C@@H]3C[C@H]4C=C[C@H]3C4)CC2)CC1.